The molecule has 2 nitrogen and oxygen atoms in total. The molecule has 0 aliphatic rings. The summed E-state index contributed by atoms with van der Waals surface area (Å²) in [5.41, 5.74) is 3.03. The van der Waals surface area contributed by atoms with Gasteiger partial charge in [-0.05, 0) is 54.8 Å². The highest BCUT2D eigenvalue weighted by molar-refractivity contribution is 5.31. The Balaban J connectivity index is 2.19. The zero-order chi connectivity index (χ0) is 15.2. The number of aryl methyl sites for hydroxylation is 1. The van der Waals surface area contributed by atoms with Gasteiger partial charge < -0.3 is 10.1 Å². The molecule has 3 heteroatoms. The number of halogens is 1. The summed E-state index contributed by atoms with van der Waals surface area (Å²) in [5.74, 6) is 0.704. The molecule has 2 aromatic carbocycles. The lowest BCUT2D eigenvalue weighted by molar-refractivity contribution is 0.414. The third-order valence-corrected chi connectivity index (χ3v) is 3.63. The molecule has 0 fully saturated rings. The van der Waals surface area contributed by atoms with Crippen LogP contribution in [-0.4, -0.2) is 13.7 Å². The Morgan fingerprint density at radius 3 is 2.43 bits per heavy atom. The molecule has 2 rings (SSSR count). The van der Waals surface area contributed by atoms with Crippen molar-refractivity contribution in [3.8, 4) is 5.75 Å². The third-order valence-electron chi connectivity index (χ3n) is 3.63. The van der Waals surface area contributed by atoms with Crippen LogP contribution in [0.5, 0.6) is 5.75 Å². The smallest absolute Gasteiger partial charge is 0.126 e. The zero-order valence-electron chi connectivity index (χ0n) is 12.8. The number of nitrogens with one attached hydrogen (secondary N) is 1. The van der Waals surface area contributed by atoms with Crippen LogP contribution >= 0.6 is 0 Å². The SMILES string of the molecule is CCNC(Cc1ccc(OC)cc1)c1ccc(F)c(C)c1. The van der Waals surface area contributed by atoms with E-state index in [2.05, 4.69) is 24.4 Å². The summed E-state index contributed by atoms with van der Waals surface area (Å²) in [7, 11) is 1.66. The first kappa shape index (κ1) is 15.5. The van der Waals surface area contributed by atoms with Crippen molar-refractivity contribution in [1.82, 2.24) is 5.32 Å². The summed E-state index contributed by atoms with van der Waals surface area (Å²) < 4.78 is 18.6. The molecule has 1 unspecified atom stereocenters. The minimum Gasteiger partial charge on any atom is -0.497 e. The van der Waals surface area contributed by atoms with Crippen molar-refractivity contribution in [2.45, 2.75) is 26.3 Å². The van der Waals surface area contributed by atoms with E-state index in [9.17, 15) is 4.39 Å². The van der Waals surface area contributed by atoms with Gasteiger partial charge in [-0.15, -0.1) is 0 Å². The van der Waals surface area contributed by atoms with Crippen molar-refractivity contribution in [3.05, 3.63) is 65.0 Å². The summed E-state index contributed by atoms with van der Waals surface area (Å²) in [5, 5.41) is 3.47. The Morgan fingerprint density at radius 1 is 1.14 bits per heavy atom. The second-order valence-corrected chi connectivity index (χ2v) is 5.17. The normalized spacial score (nSPS) is 12.2. The van der Waals surface area contributed by atoms with Gasteiger partial charge in [-0.25, -0.2) is 4.39 Å². The van der Waals surface area contributed by atoms with Crippen LogP contribution in [0.15, 0.2) is 42.5 Å². The lowest BCUT2D eigenvalue weighted by Crippen LogP contribution is -2.23. The standard InChI is InChI=1S/C18H22FNO/c1-4-20-18(15-7-10-17(19)13(2)11-15)12-14-5-8-16(21-3)9-6-14/h5-11,18,20H,4,12H2,1-3H3. The molecule has 2 aromatic rings. The van der Waals surface area contributed by atoms with E-state index in [1.807, 2.05) is 24.3 Å². The highest BCUT2D eigenvalue weighted by Gasteiger charge is 2.12. The van der Waals surface area contributed by atoms with Gasteiger partial charge >= 0.3 is 0 Å². The minimum atomic E-state index is -0.154. The zero-order valence-corrected chi connectivity index (χ0v) is 12.8. The molecule has 1 atom stereocenters. The quantitative estimate of drug-likeness (QED) is 0.866. The van der Waals surface area contributed by atoms with Crippen molar-refractivity contribution in [2.24, 2.45) is 0 Å². The maximum Gasteiger partial charge on any atom is 0.126 e. The lowest BCUT2D eigenvalue weighted by Gasteiger charge is -2.19. The predicted octanol–water partition coefficient (Wildman–Crippen LogP) is 4.04. The van der Waals surface area contributed by atoms with Crippen LogP contribution in [0.2, 0.25) is 0 Å². The lowest BCUT2D eigenvalue weighted by atomic mass is 9.97. The maximum absolute atomic E-state index is 13.4. The van der Waals surface area contributed by atoms with E-state index in [1.165, 1.54) is 5.56 Å². The summed E-state index contributed by atoms with van der Waals surface area (Å²) >= 11 is 0. The highest BCUT2D eigenvalue weighted by Crippen LogP contribution is 2.22. The van der Waals surface area contributed by atoms with Crippen LogP contribution < -0.4 is 10.1 Å². The molecule has 0 amide bonds. The van der Waals surface area contributed by atoms with Crippen molar-refractivity contribution in [1.29, 1.82) is 0 Å². The molecule has 0 aliphatic heterocycles. The van der Waals surface area contributed by atoms with E-state index in [0.29, 0.717) is 5.56 Å². The molecular formula is C18H22FNO. The van der Waals surface area contributed by atoms with E-state index >= 15 is 0 Å². The van der Waals surface area contributed by atoms with E-state index in [4.69, 9.17) is 4.74 Å². The molecule has 0 saturated carbocycles. The summed E-state index contributed by atoms with van der Waals surface area (Å²) in [6.45, 7) is 4.75. The van der Waals surface area contributed by atoms with Crippen molar-refractivity contribution < 1.29 is 9.13 Å². The van der Waals surface area contributed by atoms with E-state index < -0.39 is 0 Å². The fourth-order valence-corrected chi connectivity index (χ4v) is 2.44. The molecule has 21 heavy (non-hydrogen) atoms. The second kappa shape index (κ2) is 7.23. The largest absolute Gasteiger partial charge is 0.497 e. The summed E-state index contributed by atoms with van der Waals surface area (Å²) in [6.07, 6.45) is 0.864. The Labute approximate surface area is 126 Å². The van der Waals surface area contributed by atoms with Crippen molar-refractivity contribution >= 4 is 0 Å². The second-order valence-electron chi connectivity index (χ2n) is 5.17. The van der Waals surface area contributed by atoms with Crippen LogP contribution in [0.4, 0.5) is 4.39 Å². The first-order chi connectivity index (χ1) is 10.1. The van der Waals surface area contributed by atoms with Crippen LogP contribution in [0, 0.1) is 12.7 Å². The minimum absolute atomic E-state index is 0.154. The topological polar surface area (TPSA) is 21.3 Å². The van der Waals surface area contributed by atoms with Gasteiger partial charge in [0.1, 0.15) is 11.6 Å². The fraction of sp³-hybridized carbons (Fsp3) is 0.333. The first-order valence-corrected chi connectivity index (χ1v) is 7.26. The highest BCUT2D eigenvalue weighted by atomic mass is 19.1. The van der Waals surface area contributed by atoms with Crippen LogP contribution in [0.3, 0.4) is 0 Å². The average Bonchev–Trinajstić information content (AvgIpc) is 2.50. The molecule has 0 aliphatic carbocycles. The van der Waals surface area contributed by atoms with Gasteiger partial charge in [-0.3, -0.25) is 0 Å². The van der Waals surface area contributed by atoms with Gasteiger partial charge in [-0.2, -0.15) is 0 Å². The van der Waals surface area contributed by atoms with Gasteiger partial charge in [0.15, 0.2) is 0 Å². The molecule has 0 aromatic heterocycles. The van der Waals surface area contributed by atoms with Crippen LogP contribution in [0.1, 0.15) is 29.7 Å². The Bertz CT molecular complexity index is 580. The van der Waals surface area contributed by atoms with E-state index in [-0.39, 0.29) is 11.9 Å². The number of hydrogen-bond acceptors (Lipinski definition) is 2. The third kappa shape index (κ3) is 4.05. The van der Waals surface area contributed by atoms with Gasteiger partial charge in [-0.1, -0.05) is 31.2 Å². The molecule has 1 N–H and O–H groups in total. The number of likely N-dealkylation sites (N-methyl/N-ethyl adjacent to an activating group) is 1. The number of methoxy groups -OCH3 is 1. The Kier molecular flexibility index (Phi) is 5.34. The number of benzene rings is 2. The Hall–Kier alpha value is -1.87. The monoisotopic (exact) mass is 287 g/mol. The van der Waals surface area contributed by atoms with E-state index in [0.717, 1.165) is 24.3 Å². The van der Waals surface area contributed by atoms with Crippen molar-refractivity contribution in [2.75, 3.05) is 13.7 Å². The van der Waals surface area contributed by atoms with Gasteiger partial charge in [0.25, 0.3) is 0 Å². The van der Waals surface area contributed by atoms with E-state index in [1.54, 1.807) is 20.1 Å². The number of hydrogen-bond donors (Lipinski definition) is 1. The number of rotatable bonds is 6. The Morgan fingerprint density at radius 2 is 1.86 bits per heavy atom. The average molecular weight is 287 g/mol. The molecule has 0 heterocycles. The molecule has 0 saturated heterocycles. The molecule has 0 spiro atoms. The van der Waals surface area contributed by atoms with Crippen LogP contribution in [-0.2, 0) is 6.42 Å². The maximum atomic E-state index is 13.4. The summed E-state index contributed by atoms with van der Waals surface area (Å²) in [4.78, 5) is 0. The number of ether oxygens (including phenoxy) is 1. The van der Waals surface area contributed by atoms with Gasteiger partial charge in [0.05, 0.1) is 7.11 Å². The molecular weight excluding hydrogens is 265 g/mol. The van der Waals surface area contributed by atoms with Gasteiger partial charge in [0.2, 0.25) is 0 Å². The van der Waals surface area contributed by atoms with Crippen molar-refractivity contribution in [3.63, 3.8) is 0 Å². The molecule has 0 radical (unpaired) electrons. The van der Waals surface area contributed by atoms with Crippen LogP contribution in [0.25, 0.3) is 0 Å². The summed E-state index contributed by atoms with van der Waals surface area (Å²) in [6, 6.07) is 13.6. The predicted molar refractivity (Wildman–Crippen MR) is 84.3 cm³/mol. The first-order valence-electron chi connectivity index (χ1n) is 7.26. The fourth-order valence-electron chi connectivity index (χ4n) is 2.44. The molecule has 112 valence electrons. The van der Waals surface area contributed by atoms with Gasteiger partial charge in [0, 0.05) is 6.04 Å². The molecule has 0 bridgehead atoms.